The molecule has 1 N–H and O–H groups in total. The lowest BCUT2D eigenvalue weighted by Crippen LogP contribution is -2.41. The number of likely N-dealkylation sites (tertiary alicyclic amines) is 1. The summed E-state index contributed by atoms with van der Waals surface area (Å²) in [4.78, 5) is 45.8. The minimum atomic E-state index is -1.19. The molecule has 0 unspecified atom stereocenters. The summed E-state index contributed by atoms with van der Waals surface area (Å²) in [6, 6.07) is 1.13. The third kappa shape index (κ3) is 6.80. The molecular formula is C22H28F2N4O4S2. The Bertz CT molecular complexity index is 1070. The van der Waals surface area contributed by atoms with Crippen LogP contribution in [0.15, 0.2) is 12.3 Å². The molecule has 0 aromatic carbocycles. The van der Waals surface area contributed by atoms with E-state index < -0.39 is 34.8 Å². The number of likely N-dealkylation sites (N-methyl/N-ethyl adjacent to an activating group) is 1. The van der Waals surface area contributed by atoms with Crippen molar-refractivity contribution in [2.24, 2.45) is 0 Å². The van der Waals surface area contributed by atoms with Gasteiger partial charge < -0.3 is 9.64 Å². The van der Waals surface area contributed by atoms with E-state index in [-0.39, 0.29) is 37.1 Å². The second-order valence-corrected chi connectivity index (χ2v) is 11.5. The molecule has 0 radical (unpaired) electrons. The number of carbonyl (C=O) groups is 3. The Kier molecular flexibility index (Phi) is 8.04. The average Bonchev–Trinajstić information content (AvgIpc) is 3.38. The second-order valence-electron chi connectivity index (χ2n) is 9.20. The molecule has 2 aromatic heterocycles. The molecule has 2 amide bonds. The summed E-state index contributed by atoms with van der Waals surface area (Å²) in [5.41, 5.74) is -0.259. The van der Waals surface area contributed by atoms with E-state index in [1.807, 2.05) is 0 Å². The molecule has 1 saturated heterocycles. The molecule has 1 aliphatic heterocycles. The number of esters is 1. The molecule has 1 aliphatic rings. The van der Waals surface area contributed by atoms with Gasteiger partial charge in [-0.2, -0.15) is 4.39 Å². The Morgan fingerprint density at radius 2 is 2.00 bits per heavy atom. The number of hydrogen-bond acceptors (Lipinski definition) is 8. The number of rotatable bonds is 7. The van der Waals surface area contributed by atoms with Crippen LogP contribution in [0.4, 0.5) is 13.9 Å². The number of hydrogen-bond donors (Lipinski definition) is 1. The normalized spacial score (nSPS) is 18.4. The van der Waals surface area contributed by atoms with E-state index >= 15 is 0 Å². The molecule has 1 fully saturated rings. The van der Waals surface area contributed by atoms with Crippen LogP contribution in [-0.4, -0.2) is 71.0 Å². The van der Waals surface area contributed by atoms with Gasteiger partial charge in [0.25, 0.3) is 5.91 Å². The topological polar surface area (TPSA) is 91.8 Å². The van der Waals surface area contributed by atoms with E-state index in [9.17, 15) is 23.2 Å². The highest BCUT2D eigenvalue weighted by atomic mass is 32.1. The molecule has 8 nitrogen and oxygen atoms in total. The summed E-state index contributed by atoms with van der Waals surface area (Å²) in [6.45, 7) is 6.85. The summed E-state index contributed by atoms with van der Waals surface area (Å²) in [7, 11) is 1.62. The highest BCUT2D eigenvalue weighted by Gasteiger charge is 2.38. The molecule has 3 heterocycles. The predicted octanol–water partition coefficient (Wildman–Crippen LogP) is 3.79. The van der Waals surface area contributed by atoms with Gasteiger partial charge in [-0.05, 0) is 40.8 Å². The number of thiophene rings is 1. The first-order valence-corrected chi connectivity index (χ1v) is 12.3. The van der Waals surface area contributed by atoms with Crippen molar-refractivity contribution in [3.05, 3.63) is 32.7 Å². The van der Waals surface area contributed by atoms with Gasteiger partial charge in [0.05, 0.1) is 37.4 Å². The largest absolute Gasteiger partial charge is 0.459 e. The predicted molar refractivity (Wildman–Crippen MR) is 126 cm³/mol. The van der Waals surface area contributed by atoms with Crippen molar-refractivity contribution in [3.63, 3.8) is 0 Å². The van der Waals surface area contributed by atoms with Gasteiger partial charge in [0.15, 0.2) is 10.3 Å². The maximum Gasteiger partial charge on any atom is 0.320 e. The Morgan fingerprint density at radius 1 is 1.29 bits per heavy atom. The molecular weight excluding hydrogens is 486 g/mol. The Balaban J connectivity index is 1.67. The quantitative estimate of drug-likeness (QED) is 0.566. The summed E-state index contributed by atoms with van der Waals surface area (Å²) in [5, 5.41) is 2.19. The molecule has 2 aromatic rings. The lowest BCUT2D eigenvalue weighted by atomic mass is 10.1. The maximum absolute atomic E-state index is 14.4. The number of alkyl halides is 1. The van der Waals surface area contributed by atoms with Crippen molar-refractivity contribution in [3.8, 4) is 0 Å². The van der Waals surface area contributed by atoms with Gasteiger partial charge in [-0.3, -0.25) is 24.6 Å². The molecule has 3 rings (SSSR count). The monoisotopic (exact) mass is 514 g/mol. The van der Waals surface area contributed by atoms with E-state index in [2.05, 4.69) is 10.3 Å². The summed E-state index contributed by atoms with van der Waals surface area (Å²) in [5.74, 6) is -1.21. The van der Waals surface area contributed by atoms with Gasteiger partial charge in [-0.1, -0.05) is 11.3 Å². The van der Waals surface area contributed by atoms with Gasteiger partial charge in [0, 0.05) is 16.2 Å². The molecule has 186 valence electrons. The standard InChI is InChI=1S/C22H28F2N4O4S2/c1-12-14(20(31)26-21-25-8-17(24)34-21)7-16(33-12)15-6-13(23)9-28(15)18(29)10-27(5)11-19(30)32-22(2,3)4/h7-8,13,15H,6,9-11H2,1-5H3,(H,25,26,31)/t13-,15+/m1/s1. The van der Waals surface area contributed by atoms with Crippen LogP contribution in [-0.2, 0) is 14.3 Å². The molecule has 0 bridgehead atoms. The van der Waals surface area contributed by atoms with E-state index in [1.165, 1.54) is 21.1 Å². The third-order valence-corrected chi connectivity index (χ3v) is 6.86. The van der Waals surface area contributed by atoms with Gasteiger partial charge in [-0.25, -0.2) is 9.37 Å². The van der Waals surface area contributed by atoms with E-state index in [0.29, 0.717) is 15.3 Å². The van der Waals surface area contributed by atoms with Crippen molar-refractivity contribution >= 4 is 45.6 Å². The zero-order valence-electron chi connectivity index (χ0n) is 19.7. The molecule has 0 aliphatic carbocycles. The van der Waals surface area contributed by atoms with Crippen LogP contribution in [0.5, 0.6) is 0 Å². The van der Waals surface area contributed by atoms with Crippen molar-refractivity contribution in [1.29, 1.82) is 0 Å². The maximum atomic E-state index is 14.4. The lowest BCUT2D eigenvalue weighted by Gasteiger charge is -2.26. The first-order valence-electron chi connectivity index (χ1n) is 10.7. The van der Waals surface area contributed by atoms with E-state index in [4.69, 9.17) is 4.74 Å². The van der Waals surface area contributed by atoms with E-state index in [1.54, 1.807) is 40.8 Å². The first kappa shape index (κ1) is 26.2. The van der Waals surface area contributed by atoms with Crippen LogP contribution in [0.2, 0.25) is 0 Å². The number of anilines is 1. The van der Waals surface area contributed by atoms with Crippen LogP contribution in [0, 0.1) is 12.1 Å². The van der Waals surface area contributed by atoms with Crippen molar-refractivity contribution in [2.45, 2.75) is 51.9 Å². The molecule has 2 atom stereocenters. The van der Waals surface area contributed by atoms with Crippen molar-refractivity contribution in [2.75, 3.05) is 32.0 Å². The van der Waals surface area contributed by atoms with Crippen molar-refractivity contribution in [1.82, 2.24) is 14.8 Å². The average molecular weight is 515 g/mol. The van der Waals surface area contributed by atoms with E-state index in [0.717, 1.165) is 17.5 Å². The Hall–Kier alpha value is -2.44. The fourth-order valence-electron chi connectivity index (χ4n) is 3.67. The molecule has 34 heavy (non-hydrogen) atoms. The second kappa shape index (κ2) is 10.4. The highest BCUT2D eigenvalue weighted by Crippen LogP contribution is 2.39. The van der Waals surface area contributed by atoms with Gasteiger partial charge in [0.1, 0.15) is 11.8 Å². The Labute approximate surface area is 204 Å². The van der Waals surface area contributed by atoms with Crippen LogP contribution in [0.25, 0.3) is 0 Å². The zero-order chi connectivity index (χ0) is 25.2. The fraction of sp³-hybridized carbons (Fsp3) is 0.545. The summed E-state index contributed by atoms with van der Waals surface area (Å²) >= 11 is 2.03. The van der Waals surface area contributed by atoms with Crippen LogP contribution < -0.4 is 5.32 Å². The third-order valence-electron chi connectivity index (χ3n) is 5.00. The van der Waals surface area contributed by atoms with Crippen LogP contribution in [0.3, 0.4) is 0 Å². The smallest absolute Gasteiger partial charge is 0.320 e. The Morgan fingerprint density at radius 3 is 2.62 bits per heavy atom. The minimum Gasteiger partial charge on any atom is -0.459 e. The number of nitrogens with zero attached hydrogens (tertiary/aromatic N) is 3. The number of ether oxygens (including phenoxy) is 1. The summed E-state index contributed by atoms with van der Waals surface area (Å²) < 4.78 is 32.8. The highest BCUT2D eigenvalue weighted by molar-refractivity contribution is 7.14. The van der Waals surface area contributed by atoms with Crippen LogP contribution in [0.1, 0.15) is 53.3 Å². The zero-order valence-corrected chi connectivity index (χ0v) is 21.3. The SMILES string of the molecule is Cc1sc([C@@H]2C[C@@H](F)CN2C(=O)CN(C)CC(=O)OC(C)(C)C)cc1C(=O)Nc1ncc(F)s1. The lowest BCUT2D eigenvalue weighted by molar-refractivity contribution is -0.156. The number of aromatic nitrogens is 1. The number of carbonyl (C=O) groups excluding carboxylic acids is 3. The van der Waals surface area contributed by atoms with Gasteiger partial charge in [0.2, 0.25) is 5.91 Å². The number of aryl methyl sites for hydroxylation is 1. The minimum absolute atomic E-state index is 0.0549. The van der Waals surface area contributed by atoms with Crippen LogP contribution >= 0.6 is 22.7 Å². The fourth-order valence-corrected chi connectivity index (χ4v) is 5.36. The number of thiazole rings is 1. The van der Waals surface area contributed by atoms with Gasteiger partial charge in [-0.15, -0.1) is 11.3 Å². The summed E-state index contributed by atoms with van der Waals surface area (Å²) in [6.07, 6.45) is -0.0431. The molecule has 0 saturated carbocycles. The number of amides is 2. The van der Waals surface area contributed by atoms with Crippen molar-refractivity contribution < 1.29 is 27.9 Å². The molecule has 0 spiro atoms. The molecule has 12 heteroatoms. The first-order chi connectivity index (χ1) is 15.8. The van der Waals surface area contributed by atoms with Gasteiger partial charge >= 0.3 is 5.97 Å². The number of halogens is 2. The number of nitrogens with one attached hydrogen (secondary N) is 1.